The van der Waals surface area contributed by atoms with Gasteiger partial charge in [-0.25, -0.2) is 9.69 Å². The van der Waals surface area contributed by atoms with Crippen LogP contribution in [-0.4, -0.2) is 40.8 Å². The molecule has 0 radical (unpaired) electrons. The number of carbonyl (C=O) groups excluding carboxylic acids is 2. The number of imide groups is 1. The zero-order chi connectivity index (χ0) is 16.1. The Labute approximate surface area is 130 Å². The zero-order valence-corrected chi connectivity index (χ0v) is 12.8. The predicted octanol–water partition coefficient (Wildman–Crippen LogP) is 2.15. The monoisotopic (exact) mass is 303 g/mol. The molecule has 1 aliphatic rings. The fourth-order valence-corrected chi connectivity index (χ4v) is 2.50. The van der Waals surface area contributed by atoms with Gasteiger partial charge in [-0.05, 0) is 18.9 Å². The summed E-state index contributed by atoms with van der Waals surface area (Å²) < 4.78 is 5.03. The molecule has 0 bridgehead atoms. The van der Waals surface area contributed by atoms with E-state index in [0.29, 0.717) is 6.42 Å². The molecule has 22 heavy (non-hydrogen) atoms. The standard InChI is InChI=1S/C17H21NO4/c1-3-7-15(19)12(2)16(20)18-14(11-22-17(18)21)10-13-8-5-4-6-9-13/h3-9,12,14-15,19H,10-11H2,1-2H3/b7-3+/t12-,14-,15+/m1/s1. The van der Waals surface area contributed by atoms with Crippen LogP contribution in [0.1, 0.15) is 19.4 Å². The summed E-state index contributed by atoms with van der Waals surface area (Å²) in [5.74, 6) is -1.10. The minimum absolute atomic E-state index is 0.186. The van der Waals surface area contributed by atoms with E-state index in [2.05, 4.69) is 0 Å². The van der Waals surface area contributed by atoms with E-state index in [9.17, 15) is 14.7 Å². The van der Waals surface area contributed by atoms with Crippen LogP contribution in [-0.2, 0) is 16.0 Å². The highest BCUT2D eigenvalue weighted by molar-refractivity contribution is 5.95. The number of aliphatic hydroxyl groups is 1. The fourth-order valence-electron chi connectivity index (χ4n) is 2.50. The molecule has 1 aliphatic heterocycles. The lowest BCUT2D eigenvalue weighted by molar-refractivity contribution is -0.135. The minimum Gasteiger partial charge on any atom is -0.447 e. The van der Waals surface area contributed by atoms with E-state index < -0.39 is 24.0 Å². The Bertz CT molecular complexity index is 555. The van der Waals surface area contributed by atoms with Gasteiger partial charge in [0.05, 0.1) is 18.1 Å². The average Bonchev–Trinajstić information content (AvgIpc) is 2.87. The zero-order valence-electron chi connectivity index (χ0n) is 12.8. The highest BCUT2D eigenvalue weighted by Gasteiger charge is 2.40. The van der Waals surface area contributed by atoms with Gasteiger partial charge in [0.25, 0.3) is 0 Å². The molecule has 118 valence electrons. The van der Waals surface area contributed by atoms with Gasteiger partial charge in [0, 0.05) is 0 Å². The third kappa shape index (κ3) is 3.54. The number of hydrogen-bond donors (Lipinski definition) is 1. The Balaban J connectivity index is 2.12. The molecule has 1 N–H and O–H groups in total. The second-order valence-corrected chi connectivity index (χ2v) is 5.43. The van der Waals surface area contributed by atoms with Crippen molar-refractivity contribution in [2.45, 2.75) is 32.4 Å². The van der Waals surface area contributed by atoms with Gasteiger partial charge in [0.2, 0.25) is 5.91 Å². The summed E-state index contributed by atoms with van der Waals surface area (Å²) in [7, 11) is 0. The first-order valence-electron chi connectivity index (χ1n) is 7.39. The molecule has 5 nitrogen and oxygen atoms in total. The van der Waals surface area contributed by atoms with E-state index in [1.165, 1.54) is 6.08 Å². The normalized spacial score (nSPS) is 21.0. The van der Waals surface area contributed by atoms with Crippen molar-refractivity contribution in [2.24, 2.45) is 5.92 Å². The molecule has 5 heteroatoms. The van der Waals surface area contributed by atoms with Crippen molar-refractivity contribution in [3.8, 4) is 0 Å². The van der Waals surface area contributed by atoms with Crippen LogP contribution in [0.5, 0.6) is 0 Å². The summed E-state index contributed by atoms with van der Waals surface area (Å²) in [5.41, 5.74) is 1.03. The second-order valence-electron chi connectivity index (χ2n) is 5.43. The van der Waals surface area contributed by atoms with Gasteiger partial charge < -0.3 is 9.84 Å². The van der Waals surface area contributed by atoms with Gasteiger partial charge in [-0.1, -0.05) is 49.4 Å². The van der Waals surface area contributed by atoms with E-state index in [1.54, 1.807) is 19.9 Å². The van der Waals surface area contributed by atoms with Crippen molar-refractivity contribution < 1.29 is 19.4 Å². The van der Waals surface area contributed by atoms with Gasteiger partial charge in [0.15, 0.2) is 0 Å². The van der Waals surface area contributed by atoms with Crippen LogP contribution in [0.4, 0.5) is 4.79 Å². The second kappa shape index (κ2) is 7.22. The summed E-state index contributed by atoms with van der Waals surface area (Å²) in [6, 6.07) is 9.31. The molecule has 1 saturated heterocycles. The van der Waals surface area contributed by atoms with E-state index >= 15 is 0 Å². The molecule has 0 unspecified atom stereocenters. The average molecular weight is 303 g/mol. The van der Waals surface area contributed by atoms with Crippen LogP contribution >= 0.6 is 0 Å². The van der Waals surface area contributed by atoms with Crippen molar-refractivity contribution in [2.75, 3.05) is 6.61 Å². The summed E-state index contributed by atoms with van der Waals surface area (Å²) in [6.45, 7) is 3.56. The van der Waals surface area contributed by atoms with Crippen molar-refractivity contribution in [3.63, 3.8) is 0 Å². The van der Waals surface area contributed by atoms with Crippen LogP contribution in [0.3, 0.4) is 0 Å². The fraction of sp³-hybridized carbons (Fsp3) is 0.412. The Morgan fingerprint density at radius 1 is 1.45 bits per heavy atom. The number of cyclic esters (lactones) is 1. The number of ether oxygens (including phenoxy) is 1. The number of rotatable bonds is 5. The van der Waals surface area contributed by atoms with E-state index in [1.807, 2.05) is 30.3 Å². The van der Waals surface area contributed by atoms with Gasteiger partial charge in [-0.15, -0.1) is 0 Å². The molecule has 2 rings (SSSR count). The molecule has 0 spiro atoms. The number of hydrogen-bond acceptors (Lipinski definition) is 4. The van der Waals surface area contributed by atoms with Gasteiger partial charge in [0.1, 0.15) is 6.61 Å². The summed E-state index contributed by atoms with van der Waals surface area (Å²) >= 11 is 0. The summed E-state index contributed by atoms with van der Waals surface area (Å²) in [4.78, 5) is 25.5. The highest BCUT2D eigenvalue weighted by atomic mass is 16.6. The molecular weight excluding hydrogens is 282 g/mol. The number of benzene rings is 1. The van der Waals surface area contributed by atoms with Crippen molar-refractivity contribution in [1.29, 1.82) is 0 Å². The molecule has 1 aromatic rings. The molecule has 1 fully saturated rings. The van der Waals surface area contributed by atoms with E-state index in [0.717, 1.165) is 10.5 Å². The third-order valence-corrected chi connectivity index (χ3v) is 3.80. The third-order valence-electron chi connectivity index (χ3n) is 3.80. The molecule has 0 aliphatic carbocycles. The lowest BCUT2D eigenvalue weighted by Gasteiger charge is -2.24. The number of carbonyl (C=O) groups is 2. The molecular formula is C17H21NO4. The van der Waals surface area contributed by atoms with Gasteiger partial charge >= 0.3 is 6.09 Å². The Hall–Kier alpha value is -2.14. The first-order valence-corrected chi connectivity index (χ1v) is 7.39. The molecule has 0 aromatic heterocycles. The number of allylic oxidation sites excluding steroid dienone is 1. The molecule has 0 saturated carbocycles. The van der Waals surface area contributed by atoms with Gasteiger partial charge in [-0.2, -0.15) is 0 Å². The molecule has 2 amide bonds. The lowest BCUT2D eigenvalue weighted by atomic mass is 10.0. The maximum absolute atomic E-state index is 12.5. The number of nitrogens with zero attached hydrogens (tertiary/aromatic N) is 1. The highest BCUT2D eigenvalue weighted by Crippen LogP contribution is 2.21. The minimum atomic E-state index is -0.914. The summed E-state index contributed by atoms with van der Waals surface area (Å²) in [6.07, 6.45) is 2.22. The topological polar surface area (TPSA) is 66.8 Å². The lowest BCUT2D eigenvalue weighted by Crippen LogP contribution is -2.45. The maximum atomic E-state index is 12.5. The SMILES string of the molecule is C/C=C/[C@H](O)[C@@H](C)C(=O)N1C(=O)OC[C@H]1Cc1ccccc1. The number of amides is 2. The van der Waals surface area contributed by atoms with Crippen LogP contribution in [0.2, 0.25) is 0 Å². The Morgan fingerprint density at radius 2 is 2.14 bits per heavy atom. The largest absolute Gasteiger partial charge is 0.447 e. The molecule has 1 heterocycles. The van der Waals surface area contributed by atoms with Crippen LogP contribution in [0.25, 0.3) is 0 Å². The van der Waals surface area contributed by atoms with Crippen molar-refractivity contribution in [1.82, 2.24) is 4.90 Å². The Kier molecular flexibility index (Phi) is 5.33. The maximum Gasteiger partial charge on any atom is 0.416 e. The van der Waals surface area contributed by atoms with Crippen molar-refractivity contribution in [3.05, 3.63) is 48.0 Å². The first kappa shape index (κ1) is 16.2. The molecule has 3 atom stereocenters. The van der Waals surface area contributed by atoms with Crippen LogP contribution in [0.15, 0.2) is 42.5 Å². The smallest absolute Gasteiger partial charge is 0.416 e. The predicted molar refractivity (Wildman–Crippen MR) is 82.1 cm³/mol. The summed E-state index contributed by atoms with van der Waals surface area (Å²) in [5, 5.41) is 9.92. The van der Waals surface area contributed by atoms with Crippen LogP contribution in [0, 0.1) is 5.92 Å². The van der Waals surface area contributed by atoms with Crippen LogP contribution < -0.4 is 0 Å². The molecule has 1 aromatic carbocycles. The first-order chi connectivity index (χ1) is 10.5. The van der Waals surface area contributed by atoms with Crippen molar-refractivity contribution >= 4 is 12.0 Å². The van der Waals surface area contributed by atoms with E-state index in [-0.39, 0.29) is 12.6 Å². The van der Waals surface area contributed by atoms with Gasteiger partial charge in [-0.3, -0.25) is 4.79 Å². The quantitative estimate of drug-likeness (QED) is 0.846. The number of aliphatic hydroxyl groups excluding tert-OH is 1. The Morgan fingerprint density at radius 3 is 2.77 bits per heavy atom. The van der Waals surface area contributed by atoms with E-state index in [4.69, 9.17) is 4.74 Å².